The van der Waals surface area contributed by atoms with Crippen LogP contribution < -0.4 is 21.1 Å². The van der Waals surface area contributed by atoms with Crippen molar-refractivity contribution in [2.24, 2.45) is 0 Å². The largest absolute Gasteiger partial charge is 0.497 e. The molecule has 0 bridgehead atoms. The van der Waals surface area contributed by atoms with Gasteiger partial charge in [0.1, 0.15) is 5.75 Å². The lowest BCUT2D eigenvalue weighted by atomic mass is 9.87. The lowest BCUT2D eigenvalue weighted by Gasteiger charge is -2.19. The molecule has 0 radical (unpaired) electrons. The highest BCUT2D eigenvalue weighted by atomic mass is 35.5. The van der Waals surface area contributed by atoms with Gasteiger partial charge in [0, 0.05) is 24.6 Å². The molecular weight excluding hydrogens is 378 g/mol. The molecule has 0 aliphatic carbocycles. The van der Waals surface area contributed by atoms with Crippen LogP contribution >= 0.6 is 12.4 Å². The molecule has 0 aromatic heterocycles. The molecule has 2 aromatic carbocycles. The van der Waals surface area contributed by atoms with E-state index in [1.165, 1.54) is 0 Å². The maximum Gasteiger partial charge on any atom is 0.251 e. The van der Waals surface area contributed by atoms with E-state index in [1.807, 2.05) is 12.1 Å². The van der Waals surface area contributed by atoms with E-state index in [9.17, 15) is 9.59 Å². The van der Waals surface area contributed by atoms with E-state index in [1.54, 1.807) is 37.4 Å². The minimum absolute atomic E-state index is 0. The number of hydrogen-bond acceptors (Lipinski definition) is 4. The number of halogens is 1. The maximum absolute atomic E-state index is 12.2. The van der Waals surface area contributed by atoms with E-state index in [4.69, 9.17) is 10.5 Å². The Labute approximate surface area is 172 Å². The Kier molecular flexibility index (Phi) is 8.32. The Morgan fingerprint density at radius 3 is 2.29 bits per heavy atom. The van der Waals surface area contributed by atoms with E-state index in [0.29, 0.717) is 22.7 Å². The van der Waals surface area contributed by atoms with Gasteiger partial charge in [-0.15, -0.1) is 12.4 Å². The number of carbonyl (C=O) groups excluding carboxylic acids is 2. The van der Waals surface area contributed by atoms with Gasteiger partial charge in [0.15, 0.2) is 0 Å². The van der Waals surface area contributed by atoms with Gasteiger partial charge in [-0.25, -0.2) is 0 Å². The Morgan fingerprint density at radius 2 is 1.71 bits per heavy atom. The highest BCUT2D eigenvalue weighted by Crippen LogP contribution is 2.24. The Hall–Kier alpha value is -2.73. The van der Waals surface area contributed by atoms with E-state index in [0.717, 1.165) is 5.56 Å². The summed E-state index contributed by atoms with van der Waals surface area (Å²) < 4.78 is 5.12. The highest BCUT2D eigenvalue weighted by Gasteiger charge is 2.14. The van der Waals surface area contributed by atoms with Gasteiger partial charge in [-0.05, 0) is 35.2 Å². The predicted octanol–water partition coefficient (Wildman–Crippen LogP) is 3.76. The first-order valence-electron chi connectivity index (χ1n) is 8.83. The molecule has 0 fully saturated rings. The van der Waals surface area contributed by atoms with Crippen LogP contribution in [0, 0.1) is 0 Å². The molecule has 7 heteroatoms. The standard InChI is InChI=1S/C21H27N3O3.ClH/c1-21(2,3)15-7-5-14(6-8-15)20(26)23-12-11-19(25)24-18-13-16(27-4)9-10-17(18)22;/h5-10,13H,11-12,22H2,1-4H3,(H,23,26)(H,24,25);1H. The number of nitrogens with one attached hydrogen (secondary N) is 2. The van der Waals surface area contributed by atoms with E-state index in [-0.39, 0.29) is 42.6 Å². The number of nitrogen functional groups attached to an aromatic ring is 1. The van der Waals surface area contributed by atoms with Crippen molar-refractivity contribution in [2.45, 2.75) is 32.6 Å². The van der Waals surface area contributed by atoms with Crippen LogP contribution in [0.3, 0.4) is 0 Å². The summed E-state index contributed by atoms with van der Waals surface area (Å²) in [6.45, 7) is 6.59. The van der Waals surface area contributed by atoms with Crippen LogP contribution in [0.1, 0.15) is 43.1 Å². The van der Waals surface area contributed by atoms with Gasteiger partial charge in [-0.2, -0.15) is 0 Å². The molecule has 0 saturated carbocycles. The summed E-state index contributed by atoms with van der Waals surface area (Å²) in [5.41, 5.74) is 8.56. The fraction of sp³-hybridized carbons (Fsp3) is 0.333. The number of methoxy groups -OCH3 is 1. The lowest BCUT2D eigenvalue weighted by molar-refractivity contribution is -0.116. The first kappa shape index (κ1) is 23.3. The molecule has 28 heavy (non-hydrogen) atoms. The number of nitrogens with two attached hydrogens (primary N) is 1. The molecule has 2 aromatic rings. The van der Waals surface area contributed by atoms with Crippen molar-refractivity contribution >= 4 is 35.6 Å². The summed E-state index contributed by atoms with van der Waals surface area (Å²) in [5.74, 6) is 0.161. The quantitative estimate of drug-likeness (QED) is 0.638. The third-order valence-electron chi connectivity index (χ3n) is 4.19. The van der Waals surface area contributed by atoms with Gasteiger partial charge in [-0.3, -0.25) is 9.59 Å². The predicted molar refractivity (Wildman–Crippen MR) is 115 cm³/mol. The number of ether oxygens (including phenoxy) is 1. The summed E-state index contributed by atoms with van der Waals surface area (Å²) in [5, 5.41) is 5.48. The molecule has 2 amide bonds. The smallest absolute Gasteiger partial charge is 0.251 e. The average molecular weight is 406 g/mol. The molecule has 0 atom stereocenters. The third-order valence-corrected chi connectivity index (χ3v) is 4.19. The van der Waals surface area contributed by atoms with Crippen molar-refractivity contribution in [2.75, 3.05) is 24.7 Å². The molecule has 0 aliphatic rings. The second-order valence-electron chi connectivity index (χ2n) is 7.33. The minimum atomic E-state index is -0.238. The van der Waals surface area contributed by atoms with Crippen LogP contribution in [0.5, 0.6) is 5.75 Å². The van der Waals surface area contributed by atoms with Crippen molar-refractivity contribution in [1.82, 2.24) is 5.32 Å². The van der Waals surface area contributed by atoms with Crippen molar-refractivity contribution in [3.05, 3.63) is 53.6 Å². The molecule has 2 rings (SSSR count). The summed E-state index contributed by atoms with van der Waals surface area (Å²) >= 11 is 0. The fourth-order valence-corrected chi connectivity index (χ4v) is 2.50. The summed E-state index contributed by atoms with van der Waals surface area (Å²) in [6.07, 6.45) is 0.141. The van der Waals surface area contributed by atoms with Crippen molar-refractivity contribution in [1.29, 1.82) is 0 Å². The van der Waals surface area contributed by atoms with Gasteiger partial charge >= 0.3 is 0 Å². The Bertz CT molecular complexity index is 815. The number of amides is 2. The highest BCUT2D eigenvalue weighted by molar-refractivity contribution is 5.96. The Morgan fingerprint density at radius 1 is 1.07 bits per heavy atom. The first-order chi connectivity index (χ1) is 12.7. The van der Waals surface area contributed by atoms with Gasteiger partial charge in [0.05, 0.1) is 18.5 Å². The van der Waals surface area contributed by atoms with Gasteiger partial charge in [-0.1, -0.05) is 32.9 Å². The van der Waals surface area contributed by atoms with Crippen molar-refractivity contribution in [3.63, 3.8) is 0 Å². The molecule has 152 valence electrons. The average Bonchev–Trinajstić information content (AvgIpc) is 2.63. The first-order valence-corrected chi connectivity index (χ1v) is 8.83. The van der Waals surface area contributed by atoms with Gasteiger partial charge in [0.2, 0.25) is 5.91 Å². The summed E-state index contributed by atoms with van der Waals surface area (Å²) in [7, 11) is 1.54. The normalized spacial score (nSPS) is 10.6. The zero-order chi connectivity index (χ0) is 20.0. The molecule has 0 spiro atoms. The summed E-state index contributed by atoms with van der Waals surface area (Å²) in [4.78, 5) is 24.3. The maximum atomic E-state index is 12.2. The zero-order valence-corrected chi connectivity index (χ0v) is 17.5. The van der Waals surface area contributed by atoms with E-state index >= 15 is 0 Å². The third kappa shape index (κ3) is 6.46. The molecule has 4 N–H and O–H groups in total. The number of hydrogen-bond donors (Lipinski definition) is 3. The van der Waals surface area contributed by atoms with Crippen LogP contribution in [-0.4, -0.2) is 25.5 Å². The molecular formula is C21H28ClN3O3. The second-order valence-corrected chi connectivity index (χ2v) is 7.33. The topological polar surface area (TPSA) is 93.4 Å². The number of carbonyl (C=O) groups is 2. The van der Waals surface area contributed by atoms with Gasteiger partial charge in [0.25, 0.3) is 5.91 Å². The SMILES string of the molecule is COc1ccc(N)c(NC(=O)CCNC(=O)c2ccc(C(C)(C)C)cc2)c1.Cl. The van der Waals surface area contributed by atoms with Crippen LogP contribution in [0.15, 0.2) is 42.5 Å². The van der Waals surface area contributed by atoms with Crippen LogP contribution in [-0.2, 0) is 10.2 Å². The fourth-order valence-electron chi connectivity index (χ4n) is 2.50. The van der Waals surface area contributed by atoms with Crippen molar-refractivity contribution in [3.8, 4) is 5.75 Å². The van der Waals surface area contributed by atoms with Crippen LogP contribution in [0.25, 0.3) is 0 Å². The van der Waals surface area contributed by atoms with Gasteiger partial charge < -0.3 is 21.1 Å². The van der Waals surface area contributed by atoms with E-state index < -0.39 is 0 Å². The summed E-state index contributed by atoms with van der Waals surface area (Å²) in [6, 6.07) is 12.5. The van der Waals surface area contributed by atoms with E-state index in [2.05, 4.69) is 31.4 Å². The monoisotopic (exact) mass is 405 g/mol. The van der Waals surface area contributed by atoms with Crippen LogP contribution in [0.4, 0.5) is 11.4 Å². The molecule has 0 aliphatic heterocycles. The molecule has 0 saturated heterocycles. The number of rotatable bonds is 6. The van der Waals surface area contributed by atoms with Crippen LogP contribution in [0.2, 0.25) is 0 Å². The molecule has 0 heterocycles. The second kappa shape index (κ2) is 9.99. The molecule has 6 nitrogen and oxygen atoms in total. The Balaban J connectivity index is 0.00000392. The number of benzene rings is 2. The number of anilines is 2. The molecule has 0 unspecified atom stereocenters. The minimum Gasteiger partial charge on any atom is -0.497 e. The zero-order valence-electron chi connectivity index (χ0n) is 16.7. The lowest BCUT2D eigenvalue weighted by Crippen LogP contribution is -2.27. The van der Waals surface area contributed by atoms with Crippen molar-refractivity contribution < 1.29 is 14.3 Å².